The highest BCUT2D eigenvalue weighted by molar-refractivity contribution is 5.82. The van der Waals surface area contributed by atoms with Crippen LogP contribution in [0.1, 0.15) is 25.3 Å². The summed E-state index contributed by atoms with van der Waals surface area (Å²) in [5.74, 6) is -0.261. The van der Waals surface area contributed by atoms with E-state index in [4.69, 9.17) is 4.74 Å². The van der Waals surface area contributed by atoms with Gasteiger partial charge in [0.25, 0.3) is 0 Å². The predicted octanol–water partition coefficient (Wildman–Crippen LogP) is 2.38. The van der Waals surface area contributed by atoms with E-state index in [1.807, 2.05) is 37.3 Å². The standard InChI is InChI=1S/C15H19NO2/c1-2-6-14(17)18-15(9-11-16-12-10-15)13-7-4-3-5-8-13/h2-8,16H,9-12H2,1H3/b6-2+. The van der Waals surface area contributed by atoms with Gasteiger partial charge in [-0.05, 0) is 25.6 Å². The van der Waals surface area contributed by atoms with E-state index in [2.05, 4.69) is 5.32 Å². The Morgan fingerprint density at radius 3 is 2.56 bits per heavy atom. The van der Waals surface area contributed by atoms with Crippen molar-refractivity contribution < 1.29 is 9.53 Å². The maximum Gasteiger partial charge on any atom is 0.331 e. The van der Waals surface area contributed by atoms with Gasteiger partial charge in [-0.2, -0.15) is 0 Å². The Morgan fingerprint density at radius 1 is 1.28 bits per heavy atom. The van der Waals surface area contributed by atoms with E-state index < -0.39 is 5.60 Å². The Kier molecular flexibility index (Phi) is 4.15. The zero-order chi connectivity index (χ0) is 12.8. The summed E-state index contributed by atoms with van der Waals surface area (Å²) in [6.45, 7) is 3.56. The lowest BCUT2D eigenvalue weighted by molar-refractivity contribution is -0.157. The molecule has 1 aliphatic rings. The lowest BCUT2D eigenvalue weighted by Gasteiger charge is -2.37. The highest BCUT2D eigenvalue weighted by atomic mass is 16.6. The number of hydrogen-bond donors (Lipinski definition) is 1. The predicted molar refractivity (Wildman–Crippen MR) is 71.1 cm³/mol. The molecule has 96 valence electrons. The number of nitrogens with one attached hydrogen (secondary N) is 1. The molecule has 0 spiro atoms. The Labute approximate surface area is 108 Å². The number of benzene rings is 1. The van der Waals surface area contributed by atoms with E-state index in [0.29, 0.717) is 0 Å². The molecule has 0 radical (unpaired) electrons. The van der Waals surface area contributed by atoms with Crippen molar-refractivity contribution >= 4 is 5.97 Å². The summed E-state index contributed by atoms with van der Waals surface area (Å²) < 4.78 is 5.74. The molecule has 0 unspecified atom stereocenters. The normalized spacial score (nSPS) is 18.7. The molecule has 0 aromatic heterocycles. The summed E-state index contributed by atoms with van der Waals surface area (Å²) in [7, 11) is 0. The Bertz CT molecular complexity index is 419. The number of rotatable bonds is 3. The highest BCUT2D eigenvalue weighted by Crippen LogP contribution is 2.34. The van der Waals surface area contributed by atoms with E-state index in [1.165, 1.54) is 6.08 Å². The minimum absolute atomic E-state index is 0.261. The monoisotopic (exact) mass is 245 g/mol. The van der Waals surface area contributed by atoms with Crippen molar-refractivity contribution in [3.8, 4) is 0 Å². The van der Waals surface area contributed by atoms with Crippen molar-refractivity contribution in [2.75, 3.05) is 13.1 Å². The van der Waals surface area contributed by atoms with Gasteiger partial charge in [0.05, 0.1) is 0 Å². The Balaban J connectivity index is 2.26. The Morgan fingerprint density at radius 2 is 1.94 bits per heavy atom. The smallest absolute Gasteiger partial charge is 0.331 e. The van der Waals surface area contributed by atoms with Gasteiger partial charge in [0.15, 0.2) is 0 Å². The number of ether oxygens (including phenoxy) is 1. The van der Waals surface area contributed by atoms with Gasteiger partial charge in [-0.25, -0.2) is 4.79 Å². The minimum Gasteiger partial charge on any atom is -0.451 e. The second kappa shape index (κ2) is 5.83. The first-order valence-corrected chi connectivity index (χ1v) is 6.39. The van der Waals surface area contributed by atoms with Gasteiger partial charge < -0.3 is 10.1 Å². The maximum atomic E-state index is 11.8. The van der Waals surface area contributed by atoms with Crippen LogP contribution in [0.4, 0.5) is 0 Å². The van der Waals surface area contributed by atoms with Gasteiger partial charge in [-0.15, -0.1) is 0 Å². The summed E-state index contributed by atoms with van der Waals surface area (Å²) in [4.78, 5) is 11.8. The van der Waals surface area contributed by atoms with E-state index in [0.717, 1.165) is 31.5 Å². The number of carbonyl (C=O) groups excluding carboxylic acids is 1. The van der Waals surface area contributed by atoms with Crippen molar-refractivity contribution in [2.45, 2.75) is 25.4 Å². The first-order chi connectivity index (χ1) is 8.77. The molecule has 1 aliphatic heterocycles. The number of hydrogen-bond acceptors (Lipinski definition) is 3. The molecule has 1 heterocycles. The molecule has 0 aliphatic carbocycles. The molecule has 18 heavy (non-hydrogen) atoms. The average molecular weight is 245 g/mol. The molecule has 1 aromatic carbocycles. The SMILES string of the molecule is C/C=C/C(=O)OC1(c2ccccc2)CCNCC1. The summed E-state index contributed by atoms with van der Waals surface area (Å²) in [6.07, 6.45) is 4.83. The van der Waals surface area contributed by atoms with E-state index in [9.17, 15) is 4.79 Å². The zero-order valence-corrected chi connectivity index (χ0v) is 10.7. The molecule has 0 amide bonds. The molecule has 2 rings (SSSR count). The van der Waals surface area contributed by atoms with Crippen molar-refractivity contribution in [3.63, 3.8) is 0 Å². The number of piperidine rings is 1. The van der Waals surface area contributed by atoms with Crippen LogP contribution >= 0.6 is 0 Å². The molecule has 1 aromatic rings. The van der Waals surface area contributed by atoms with Crippen LogP contribution in [0.2, 0.25) is 0 Å². The summed E-state index contributed by atoms with van der Waals surface area (Å²) in [5.41, 5.74) is 0.618. The van der Waals surface area contributed by atoms with Crippen LogP contribution < -0.4 is 5.32 Å². The number of esters is 1. The number of allylic oxidation sites excluding steroid dienone is 1. The topological polar surface area (TPSA) is 38.3 Å². The van der Waals surface area contributed by atoms with Crippen LogP contribution in [0.25, 0.3) is 0 Å². The van der Waals surface area contributed by atoms with Gasteiger partial charge in [-0.1, -0.05) is 36.4 Å². The van der Waals surface area contributed by atoms with Crippen molar-refractivity contribution in [1.82, 2.24) is 5.32 Å². The molecule has 0 atom stereocenters. The fourth-order valence-corrected chi connectivity index (χ4v) is 2.38. The van der Waals surface area contributed by atoms with Crippen molar-refractivity contribution in [1.29, 1.82) is 0 Å². The van der Waals surface area contributed by atoms with Gasteiger partial charge in [0, 0.05) is 18.9 Å². The lowest BCUT2D eigenvalue weighted by Crippen LogP contribution is -2.42. The average Bonchev–Trinajstić information content (AvgIpc) is 2.41. The summed E-state index contributed by atoms with van der Waals surface area (Å²) in [6, 6.07) is 10.0. The largest absolute Gasteiger partial charge is 0.451 e. The highest BCUT2D eigenvalue weighted by Gasteiger charge is 2.37. The molecule has 3 nitrogen and oxygen atoms in total. The van der Waals surface area contributed by atoms with Gasteiger partial charge in [0.2, 0.25) is 0 Å². The number of carbonyl (C=O) groups is 1. The lowest BCUT2D eigenvalue weighted by atomic mass is 9.85. The third-order valence-corrected chi connectivity index (χ3v) is 3.31. The molecule has 3 heteroatoms. The van der Waals surface area contributed by atoms with E-state index >= 15 is 0 Å². The fourth-order valence-electron chi connectivity index (χ4n) is 2.38. The molecule has 1 saturated heterocycles. The first kappa shape index (κ1) is 12.8. The van der Waals surface area contributed by atoms with Crippen LogP contribution in [0.3, 0.4) is 0 Å². The molecular formula is C15H19NO2. The molecule has 1 N–H and O–H groups in total. The van der Waals surface area contributed by atoms with Crippen LogP contribution in [0.15, 0.2) is 42.5 Å². The quantitative estimate of drug-likeness (QED) is 0.656. The maximum absolute atomic E-state index is 11.8. The zero-order valence-electron chi connectivity index (χ0n) is 10.7. The van der Waals surface area contributed by atoms with Gasteiger partial charge in [-0.3, -0.25) is 0 Å². The van der Waals surface area contributed by atoms with Crippen LogP contribution in [0.5, 0.6) is 0 Å². The van der Waals surface area contributed by atoms with Gasteiger partial charge in [0.1, 0.15) is 5.60 Å². The molecule has 0 bridgehead atoms. The summed E-state index contributed by atoms with van der Waals surface area (Å²) in [5, 5.41) is 3.31. The summed E-state index contributed by atoms with van der Waals surface area (Å²) >= 11 is 0. The van der Waals surface area contributed by atoms with Crippen LogP contribution in [-0.4, -0.2) is 19.1 Å². The van der Waals surface area contributed by atoms with Crippen molar-refractivity contribution in [3.05, 3.63) is 48.0 Å². The second-order valence-electron chi connectivity index (χ2n) is 4.53. The van der Waals surface area contributed by atoms with Crippen LogP contribution in [0, 0.1) is 0 Å². The van der Waals surface area contributed by atoms with Crippen molar-refractivity contribution in [2.24, 2.45) is 0 Å². The van der Waals surface area contributed by atoms with Crippen LogP contribution in [-0.2, 0) is 15.1 Å². The van der Waals surface area contributed by atoms with E-state index in [1.54, 1.807) is 6.08 Å². The second-order valence-corrected chi connectivity index (χ2v) is 4.53. The Hall–Kier alpha value is -1.61. The first-order valence-electron chi connectivity index (χ1n) is 6.39. The van der Waals surface area contributed by atoms with E-state index in [-0.39, 0.29) is 5.97 Å². The molecule has 0 saturated carbocycles. The molecule has 1 fully saturated rings. The third kappa shape index (κ3) is 2.79. The third-order valence-electron chi connectivity index (χ3n) is 3.31. The van der Waals surface area contributed by atoms with Gasteiger partial charge >= 0.3 is 5.97 Å². The molecular weight excluding hydrogens is 226 g/mol. The minimum atomic E-state index is -0.469. The fraction of sp³-hybridized carbons (Fsp3) is 0.400.